The topological polar surface area (TPSA) is 91.4 Å². The van der Waals surface area contributed by atoms with Crippen LogP contribution >= 0.6 is 0 Å². The Bertz CT molecular complexity index is 587. The van der Waals surface area contributed by atoms with Gasteiger partial charge >= 0.3 is 0 Å². The SMILES string of the molecule is CCc1nc(C2CN(C(=O)C3CCN(C)C(=O)C3)CCO2)n[nH]1. The molecule has 8 nitrogen and oxygen atoms in total. The van der Waals surface area contributed by atoms with E-state index in [1.807, 2.05) is 6.92 Å². The number of aromatic nitrogens is 3. The predicted molar refractivity (Wildman–Crippen MR) is 81.4 cm³/mol. The van der Waals surface area contributed by atoms with Gasteiger partial charge < -0.3 is 14.5 Å². The highest BCUT2D eigenvalue weighted by molar-refractivity contribution is 5.87. The van der Waals surface area contributed by atoms with Crippen LogP contribution in [-0.2, 0) is 20.7 Å². The lowest BCUT2D eigenvalue weighted by Gasteiger charge is -2.36. The molecule has 1 N–H and O–H groups in total. The van der Waals surface area contributed by atoms with Crippen LogP contribution in [0.2, 0.25) is 0 Å². The molecule has 2 atom stereocenters. The van der Waals surface area contributed by atoms with E-state index in [1.54, 1.807) is 16.8 Å². The van der Waals surface area contributed by atoms with E-state index in [0.29, 0.717) is 38.5 Å². The number of hydrogen-bond acceptors (Lipinski definition) is 5. The molecule has 0 aromatic carbocycles. The van der Waals surface area contributed by atoms with E-state index in [0.717, 1.165) is 18.7 Å². The van der Waals surface area contributed by atoms with Crippen LogP contribution in [0, 0.1) is 5.92 Å². The first-order chi connectivity index (χ1) is 11.1. The first kappa shape index (κ1) is 15.9. The number of amides is 2. The molecule has 0 saturated carbocycles. The van der Waals surface area contributed by atoms with Crippen LogP contribution in [-0.4, -0.2) is 70.1 Å². The van der Waals surface area contributed by atoms with Gasteiger partial charge in [-0.3, -0.25) is 14.7 Å². The minimum atomic E-state index is -0.300. The monoisotopic (exact) mass is 321 g/mol. The van der Waals surface area contributed by atoms with Gasteiger partial charge in [0.15, 0.2) is 5.82 Å². The van der Waals surface area contributed by atoms with Gasteiger partial charge in [0, 0.05) is 38.9 Å². The van der Waals surface area contributed by atoms with E-state index < -0.39 is 0 Å². The molecule has 2 aliphatic heterocycles. The largest absolute Gasteiger partial charge is 0.366 e. The second-order valence-corrected chi connectivity index (χ2v) is 6.14. The van der Waals surface area contributed by atoms with Gasteiger partial charge in [0.2, 0.25) is 11.8 Å². The molecular weight excluding hydrogens is 298 g/mol. The van der Waals surface area contributed by atoms with Gasteiger partial charge in [0.25, 0.3) is 0 Å². The van der Waals surface area contributed by atoms with Crippen molar-refractivity contribution < 1.29 is 14.3 Å². The number of aryl methyl sites for hydroxylation is 1. The van der Waals surface area contributed by atoms with Crippen molar-refractivity contribution in [3.63, 3.8) is 0 Å². The predicted octanol–water partition coefficient (Wildman–Crippen LogP) is 0.135. The molecule has 0 radical (unpaired) electrons. The first-order valence-electron chi connectivity index (χ1n) is 8.14. The average Bonchev–Trinajstić information content (AvgIpc) is 3.06. The van der Waals surface area contributed by atoms with E-state index in [2.05, 4.69) is 15.2 Å². The number of carbonyl (C=O) groups is 2. The van der Waals surface area contributed by atoms with Crippen molar-refractivity contribution in [2.45, 2.75) is 32.3 Å². The molecule has 1 aromatic rings. The lowest BCUT2D eigenvalue weighted by Crippen LogP contribution is -2.48. The molecule has 2 saturated heterocycles. The Hall–Kier alpha value is -1.96. The number of nitrogens with zero attached hydrogens (tertiary/aromatic N) is 4. The third kappa shape index (κ3) is 3.36. The summed E-state index contributed by atoms with van der Waals surface area (Å²) in [5.41, 5.74) is 0. The summed E-state index contributed by atoms with van der Waals surface area (Å²) in [4.78, 5) is 32.4. The van der Waals surface area contributed by atoms with Crippen LogP contribution in [0.15, 0.2) is 0 Å². The quantitative estimate of drug-likeness (QED) is 0.855. The number of aromatic amines is 1. The molecule has 126 valence electrons. The second-order valence-electron chi connectivity index (χ2n) is 6.14. The molecule has 3 heterocycles. The Morgan fingerprint density at radius 1 is 1.43 bits per heavy atom. The minimum absolute atomic E-state index is 0.0426. The summed E-state index contributed by atoms with van der Waals surface area (Å²) >= 11 is 0. The molecule has 8 heteroatoms. The number of carbonyl (C=O) groups excluding carboxylic acids is 2. The maximum absolute atomic E-state index is 12.7. The standard InChI is InChI=1S/C15H23N5O3/c1-3-12-16-14(18-17-12)11-9-20(6-7-23-11)15(22)10-4-5-19(2)13(21)8-10/h10-11H,3-9H2,1-2H3,(H,16,17,18). The molecule has 1 aromatic heterocycles. The first-order valence-corrected chi connectivity index (χ1v) is 8.14. The zero-order valence-corrected chi connectivity index (χ0v) is 13.6. The van der Waals surface area contributed by atoms with Gasteiger partial charge in [-0.1, -0.05) is 6.92 Å². The van der Waals surface area contributed by atoms with E-state index in [4.69, 9.17) is 4.74 Å². The number of ether oxygens (including phenoxy) is 1. The number of hydrogen-bond donors (Lipinski definition) is 1. The lowest BCUT2D eigenvalue weighted by molar-refractivity contribution is -0.149. The van der Waals surface area contributed by atoms with Crippen LogP contribution in [0.3, 0.4) is 0 Å². The summed E-state index contributed by atoms with van der Waals surface area (Å²) in [5.74, 6) is 1.29. The molecule has 2 fully saturated rings. The Kier molecular flexibility index (Phi) is 4.61. The van der Waals surface area contributed by atoms with Gasteiger partial charge in [-0.15, -0.1) is 0 Å². The van der Waals surface area contributed by atoms with Gasteiger partial charge in [-0.25, -0.2) is 4.98 Å². The van der Waals surface area contributed by atoms with Crippen molar-refractivity contribution in [3.8, 4) is 0 Å². The molecule has 2 unspecified atom stereocenters. The van der Waals surface area contributed by atoms with Crippen LogP contribution in [0.1, 0.15) is 37.5 Å². The molecule has 0 aliphatic carbocycles. The molecule has 2 aliphatic rings. The Balaban J connectivity index is 1.63. The summed E-state index contributed by atoms with van der Waals surface area (Å²) in [6, 6.07) is 0. The van der Waals surface area contributed by atoms with E-state index in [-0.39, 0.29) is 23.8 Å². The van der Waals surface area contributed by atoms with Gasteiger partial charge in [0.1, 0.15) is 11.9 Å². The van der Waals surface area contributed by atoms with Crippen LogP contribution < -0.4 is 0 Å². The summed E-state index contributed by atoms with van der Waals surface area (Å²) in [5, 5.41) is 7.06. The molecule has 3 rings (SSSR count). The number of morpholine rings is 1. The Labute approximate surface area is 135 Å². The summed E-state index contributed by atoms with van der Waals surface area (Å²) < 4.78 is 5.71. The van der Waals surface area contributed by atoms with E-state index in [9.17, 15) is 9.59 Å². The highest BCUT2D eigenvalue weighted by Gasteiger charge is 2.35. The molecular formula is C15H23N5O3. The average molecular weight is 321 g/mol. The summed E-state index contributed by atoms with van der Waals surface area (Å²) in [6.45, 7) is 4.11. The number of piperidine rings is 1. The van der Waals surface area contributed by atoms with Crippen molar-refractivity contribution in [2.75, 3.05) is 33.3 Å². The number of H-pyrrole nitrogens is 1. The second kappa shape index (κ2) is 6.66. The van der Waals surface area contributed by atoms with Crippen LogP contribution in [0.25, 0.3) is 0 Å². The Morgan fingerprint density at radius 3 is 2.96 bits per heavy atom. The fourth-order valence-electron chi connectivity index (χ4n) is 3.03. The van der Waals surface area contributed by atoms with Crippen molar-refractivity contribution in [3.05, 3.63) is 11.6 Å². The third-order valence-electron chi connectivity index (χ3n) is 4.56. The highest BCUT2D eigenvalue weighted by atomic mass is 16.5. The van der Waals surface area contributed by atoms with E-state index >= 15 is 0 Å². The molecule has 2 amide bonds. The summed E-state index contributed by atoms with van der Waals surface area (Å²) in [7, 11) is 1.78. The highest BCUT2D eigenvalue weighted by Crippen LogP contribution is 2.24. The number of nitrogens with one attached hydrogen (secondary N) is 1. The van der Waals surface area contributed by atoms with Gasteiger partial charge in [-0.2, -0.15) is 5.10 Å². The normalized spacial score (nSPS) is 25.7. The van der Waals surface area contributed by atoms with Gasteiger partial charge in [0.05, 0.1) is 13.2 Å². The molecule has 23 heavy (non-hydrogen) atoms. The maximum atomic E-state index is 12.7. The molecule has 0 bridgehead atoms. The minimum Gasteiger partial charge on any atom is -0.366 e. The maximum Gasteiger partial charge on any atom is 0.226 e. The zero-order chi connectivity index (χ0) is 16.4. The fraction of sp³-hybridized carbons (Fsp3) is 0.733. The smallest absolute Gasteiger partial charge is 0.226 e. The third-order valence-corrected chi connectivity index (χ3v) is 4.56. The van der Waals surface area contributed by atoms with Crippen LogP contribution in [0.4, 0.5) is 0 Å². The van der Waals surface area contributed by atoms with Crippen molar-refractivity contribution in [2.24, 2.45) is 5.92 Å². The van der Waals surface area contributed by atoms with Gasteiger partial charge in [-0.05, 0) is 6.42 Å². The van der Waals surface area contributed by atoms with Crippen molar-refractivity contribution >= 4 is 11.8 Å². The Morgan fingerprint density at radius 2 is 2.26 bits per heavy atom. The molecule has 0 spiro atoms. The van der Waals surface area contributed by atoms with Crippen molar-refractivity contribution in [1.82, 2.24) is 25.0 Å². The summed E-state index contributed by atoms with van der Waals surface area (Å²) in [6.07, 6.45) is 1.51. The zero-order valence-electron chi connectivity index (χ0n) is 13.6. The number of likely N-dealkylation sites (tertiary alicyclic amines) is 1. The van der Waals surface area contributed by atoms with Crippen LogP contribution in [0.5, 0.6) is 0 Å². The van der Waals surface area contributed by atoms with Crippen molar-refractivity contribution in [1.29, 1.82) is 0 Å². The van der Waals surface area contributed by atoms with E-state index in [1.165, 1.54) is 0 Å². The lowest BCUT2D eigenvalue weighted by atomic mass is 9.94. The fourth-order valence-corrected chi connectivity index (χ4v) is 3.03. The number of rotatable bonds is 3.